The van der Waals surface area contributed by atoms with Gasteiger partial charge >= 0.3 is 5.97 Å². The fraction of sp³-hybridized carbons (Fsp3) is 0.263. The van der Waals surface area contributed by atoms with Gasteiger partial charge in [0.25, 0.3) is 5.56 Å². The van der Waals surface area contributed by atoms with Crippen LogP contribution in [0.3, 0.4) is 0 Å². The maximum atomic E-state index is 12.7. The van der Waals surface area contributed by atoms with Crippen LogP contribution in [0.1, 0.15) is 40.1 Å². The van der Waals surface area contributed by atoms with E-state index in [1.165, 1.54) is 10.9 Å². The number of ether oxygens (including phenoxy) is 1. The Morgan fingerprint density at radius 2 is 2.11 bits per heavy atom. The second-order valence-corrected chi connectivity index (χ2v) is 6.50. The number of aromatic amines is 1. The molecule has 0 spiro atoms. The first kappa shape index (κ1) is 18.8. The van der Waals surface area contributed by atoms with Gasteiger partial charge in [-0.25, -0.2) is 9.78 Å². The third kappa shape index (κ3) is 3.50. The van der Waals surface area contributed by atoms with Gasteiger partial charge in [0.05, 0.1) is 35.0 Å². The van der Waals surface area contributed by atoms with Gasteiger partial charge in [0.2, 0.25) is 0 Å². The van der Waals surface area contributed by atoms with Gasteiger partial charge in [0.15, 0.2) is 0 Å². The molecule has 0 fully saturated rings. The molecule has 0 bridgehead atoms. The van der Waals surface area contributed by atoms with Gasteiger partial charge < -0.3 is 9.72 Å². The molecule has 3 aromatic rings. The molecule has 2 aromatic heterocycles. The average Bonchev–Trinajstić information content (AvgIpc) is 2.88. The maximum absolute atomic E-state index is 12.7. The van der Waals surface area contributed by atoms with Gasteiger partial charge in [-0.2, -0.15) is 9.78 Å². The van der Waals surface area contributed by atoms with Crippen LogP contribution in [0.25, 0.3) is 10.9 Å². The van der Waals surface area contributed by atoms with Gasteiger partial charge in [-0.05, 0) is 51.5 Å². The summed E-state index contributed by atoms with van der Waals surface area (Å²) in [6.07, 6.45) is 1.50. The van der Waals surface area contributed by atoms with Crippen LogP contribution in [-0.2, 0) is 4.74 Å². The Kier molecular flexibility index (Phi) is 5.14. The molecule has 3 rings (SSSR count). The molecule has 140 valence electrons. The summed E-state index contributed by atoms with van der Waals surface area (Å²) in [5.74, 6) is 0.0403. The highest BCUT2D eigenvalue weighted by molar-refractivity contribution is 6.31. The normalized spacial score (nSPS) is 11.4. The lowest BCUT2D eigenvalue weighted by atomic mass is 10.1. The van der Waals surface area contributed by atoms with Crippen molar-refractivity contribution < 1.29 is 9.53 Å². The Hall–Kier alpha value is -2.93. The third-order valence-electron chi connectivity index (χ3n) is 4.23. The lowest BCUT2D eigenvalue weighted by Crippen LogP contribution is -2.20. The van der Waals surface area contributed by atoms with Crippen molar-refractivity contribution in [2.45, 2.75) is 27.7 Å². The highest BCUT2D eigenvalue weighted by atomic mass is 35.5. The van der Waals surface area contributed by atoms with Crippen LogP contribution in [0.4, 0.5) is 0 Å². The number of fused-ring (bicyclic) bond motifs is 1. The molecular weight excluding hydrogens is 368 g/mol. The molecule has 0 aliphatic carbocycles. The van der Waals surface area contributed by atoms with E-state index in [1.807, 2.05) is 0 Å². The first-order chi connectivity index (χ1) is 12.8. The number of benzene rings is 1. The highest BCUT2D eigenvalue weighted by Gasteiger charge is 2.18. The van der Waals surface area contributed by atoms with Crippen LogP contribution < -0.4 is 5.56 Å². The van der Waals surface area contributed by atoms with Crippen molar-refractivity contribution in [2.75, 3.05) is 6.61 Å². The fourth-order valence-electron chi connectivity index (χ4n) is 2.93. The number of hydrogen-bond donors (Lipinski definition) is 1. The molecule has 2 heterocycles. The molecule has 0 saturated carbocycles. The van der Waals surface area contributed by atoms with Crippen LogP contribution in [0.15, 0.2) is 28.1 Å². The van der Waals surface area contributed by atoms with Crippen molar-refractivity contribution in [1.82, 2.24) is 14.6 Å². The van der Waals surface area contributed by atoms with Crippen molar-refractivity contribution in [3.63, 3.8) is 0 Å². The predicted molar refractivity (Wildman–Crippen MR) is 105 cm³/mol. The van der Waals surface area contributed by atoms with Crippen molar-refractivity contribution >= 4 is 34.7 Å². The number of aryl methyl sites for hydroxylation is 2. The summed E-state index contributed by atoms with van der Waals surface area (Å²) in [4.78, 5) is 32.3. The van der Waals surface area contributed by atoms with E-state index in [2.05, 4.69) is 15.1 Å². The zero-order valence-electron chi connectivity index (χ0n) is 15.5. The molecule has 0 radical (unpaired) electrons. The van der Waals surface area contributed by atoms with E-state index in [1.54, 1.807) is 45.9 Å². The highest BCUT2D eigenvalue weighted by Crippen LogP contribution is 2.18. The fourth-order valence-corrected chi connectivity index (χ4v) is 3.09. The molecule has 0 aliphatic heterocycles. The number of H-pyrrole nitrogens is 1. The Labute approximate surface area is 160 Å². The van der Waals surface area contributed by atoms with Gasteiger partial charge in [0, 0.05) is 10.7 Å². The lowest BCUT2D eigenvalue weighted by molar-refractivity contribution is 0.0525. The van der Waals surface area contributed by atoms with Gasteiger partial charge in [-0.15, -0.1) is 0 Å². The Balaban J connectivity index is 2.05. The van der Waals surface area contributed by atoms with Gasteiger partial charge in [-0.3, -0.25) is 4.79 Å². The second kappa shape index (κ2) is 7.36. The zero-order chi connectivity index (χ0) is 19.7. The van der Waals surface area contributed by atoms with Crippen LogP contribution in [0.2, 0.25) is 5.02 Å². The number of carbonyl (C=O) groups excluding carboxylic acids is 1. The van der Waals surface area contributed by atoms with Crippen LogP contribution in [0.5, 0.6) is 0 Å². The van der Waals surface area contributed by atoms with Gasteiger partial charge in [-0.1, -0.05) is 11.6 Å². The van der Waals surface area contributed by atoms with Crippen LogP contribution >= 0.6 is 11.6 Å². The van der Waals surface area contributed by atoms with E-state index in [0.29, 0.717) is 50.9 Å². The summed E-state index contributed by atoms with van der Waals surface area (Å²) in [5.41, 5.74) is 2.72. The Bertz CT molecular complexity index is 1130. The number of carbonyl (C=O) groups is 1. The van der Waals surface area contributed by atoms with E-state index in [4.69, 9.17) is 16.3 Å². The topological polar surface area (TPSA) is 89.3 Å². The summed E-state index contributed by atoms with van der Waals surface area (Å²) < 4.78 is 6.30. The minimum atomic E-state index is -0.388. The van der Waals surface area contributed by atoms with Crippen molar-refractivity contribution in [3.05, 3.63) is 61.9 Å². The Morgan fingerprint density at radius 1 is 1.37 bits per heavy atom. The molecule has 1 N–H and O–H groups in total. The molecule has 0 atom stereocenters. The molecule has 0 amide bonds. The predicted octanol–water partition coefficient (Wildman–Crippen LogP) is 3.36. The third-order valence-corrected chi connectivity index (χ3v) is 4.46. The smallest absolute Gasteiger partial charge is 0.340 e. The maximum Gasteiger partial charge on any atom is 0.340 e. The minimum absolute atomic E-state index is 0.294. The number of hydrogen-bond acceptors (Lipinski definition) is 5. The van der Waals surface area contributed by atoms with Gasteiger partial charge in [0.1, 0.15) is 5.82 Å². The average molecular weight is 387 g/mol. The molecule has 7 nitrogen and oxygen atoms in total. The van der Waals surface area contributed by atoms with Crippen molar-refractivity contribution in [1.29, 1.82) is 0 Å². The van der Waals surface area contributed by atoms with Crippen molar-refractivity contribution in [3.8, 4) is 0 Å². The molecule has 27 heavy (non-hydrogen) atoms. The molecule has 8 heteroatoms. The van der Waals surface area contributed by atoms with E-state index < -0.39 is 0 Å². The monoisotopic (exact) mass is 386 g/mol. The molecule has 0 saturated heterocycles. The van der Waals surface area contributed by atoms with Crippen molar-refractivity contribution in [2.24, 2.45) is 5.10 Å². The molecular formula is C19H19ClN4O3. The SMILES string of the molecule is CCOC(=O)c1c(C)[nH]c(/C=N/n2c(C)nc3cc(Cl)ccc3c2=O)c1C. The van der Waals surface area contributed by atoms with E-state index in [0.717, 1.165) is 0 Å². The Morgan fingerprint density at radius 3 is 2.81 bits per heavy atom. The number of esters is 1. The summed E-state index contributed by atoms with van der Waals surface area (Å²) >= 11 is 5.97. The number of nitrogens with one attached hydrogen (secondary N) is 1. The molecule has 0 unspecified atom stereocenters. The van der Waals surface area contributed by atoms with E-state index in [-0.39, 0.29) is 11.5 Å². The number of aromatic nitrogens is 3. The standard InChI is InChI=1S/C19H19ClN4O3/c1-5-27-19(26)17-10(2)16(22-11(17)3)9-21-24-12(4)23-15-8-13(20)6-7-14(15)18(24)25/h6-9,22H,5H2,1-4H3/b21-9+. The lowest BCUT2D eigenvalue weighted by Gasteiger charge is -2.05. The summed E-state index contributed by atoms with van der Waals surface area (Å²) in [6.45, 7) is 7.33. The largest absolute Gasteiger partial charge is 0.462 e. The second-order valence-electron chi connectivity index (χ2n) is 6.07. The minimum Gasteiger partial charge on any atom is -0.462 e. The number of halogens is 1. The number of rotatable bonds is 4. The first-order valence-corrected chi connectivity index (χ1v) is 8.80. The summed E-state index contributed by atoms with van der Waals surface area (Å²) in [6, 6.07) is 4.91. The summed E-state index contributed by atoms with van der Waals surface area (Å²) in [5, 5.41) is 5.21. The van der Waals surface area contributed by atoms with E-state index >= 15 is 0 Å². The van der Waals surface area contributed by atoms with Crippen LogP contribution in [-0.4, -0.2) is 33.4 Å². The first-order valence-electron chi connectivity index (χ1n) is 8.43. The zero-order valence-corrected chi connectivity index (χ0v) is 16.2. The quantitative estimate of drug-likeness (QED) is 0.550. The molecule has 0 aliphatic rings. The molecule has 1 aromatic carbocycles. The van der Waals surface area contributed by atoms with E-state index in [9.17, 15) is 9.59 Å². The number of nitrogens with zero attached hydrogens (tertiary/aromatic N) is 3. The van der Waals surface area contributed by atoms with Crippen LogP contribution in [0, 0.1) is 20.8 Å². The summed E-state index contributed by atoms with van der Waals surface area (Å²) in [7, 11) is 0.